The summed E-state index contributed by atoms with van der Waals surface area (Å²) in [7, 11) is 1.73. The molecule has 1 aliphatic rings. The van der Waals surface area contributed by atoms with Gasteiger partial charge in [-0.2, -0.15) is 5.10 Å². The first kappa shape index (κ1) is 16.9. The van der Waals surface area contributed by atoms with Crippen LogP contribution in [0, 0.1) is 6.92 Å². The van der Waals surface area contributed by atoms with Crippen LogP contribution in [0.25, 0.3) is 11.3 Å². The Morgan fingerprint density at radius 3 is 3.12 bits per heavy atom. The van der Waals surface area contributed by atoms with Crippen molar-refractivity contribution in [3.63, 3.8) is 0 Å². The van der Waals surface area contributed by atoms with Crippen molar-refractivity contribution >= 4 is 28.2 Å². The third kappa shape index (κ3) is 3.15. The first-order chi connectivity index (χ1) is 12.7. The molecule has 0 saturated carbocycles. The third-order valence-corrected chi connectivity index (χ3v) is 5.41. The molecule has 1 unspecified atom stereocenters. The van der Waals surface area contributed by atoms with Crippen molar-refractivity contribution < 1.29 is 4.74 Å². The molecular weight excluding hydrogens is 350 g/mol. The van der Waals surface area contributed by atoms with Gasteiger partial charge in [0.2, 0.25) is 5.95 Å². The summed E-state index contributed by atoms with van der Waals surface area (Å²) in [5.74, 6) is 1.49. The monoisotopic (exact) mass is 371 g/mol. The number of hydrogen-bond donors (Lipinski definition) is 2. The average Bonchev–Trinajstić information content (AvgIpc) is 3.20. The molecule has 0 bridgehead atoms. The Bertz CT molecular complexity index is 906. The van der Waals surface area contributed by atoms with Crippen LogP contribution in [0.4, 0.5) is 16.9 Å². The van der Waals surface area contributed by atoms with Crippen LogP contribution >= 0.6 is 11.3 Å². The van der Waals surface area contributed by atoms with Crippen LogP contribution in [0.2, 0.25) is 0 Å². The van der Waals surface area contributed by atoms with E-state index < -0.39 is 0 Å². The molecule has 136 valence electrons. The summed E-state index contributed by atoms with van der Waals surface area (Å²) >= 11 is 1.64. The molecule has 0 saturated heterocycles. The van der Waals surface area contributed by atoms with E-state index in [9.17, 15) is 0 Å². The molecule has 0 spiro atoms. The summed E-state index contributed by atoms with van der Waals surface area (Å²) in [5, 5.41) is 11.5. The highest BCUT2D eigenvalue weighted by Crippen LogP contribution is 2.39. The predicted molar refractivity (Wildman–Crippen MR) is 102 cm³/mol. The van der Waals surface area contributed by atoms with Crippen LogP contribution in [0.1, 0.15) is 17.5 Å². The molecule has 0 amide bonds. The molecule has 0 aromatic carbocycles. The molecule has 1 atom stereocenters. The summed E-state index contributed by atoms with van der Waals surface area (Å²) in [4.78, 5) is 16.9. The van der Waals surface area contributed by atoms with Gasteiger partial charge < -0.3 is 15.0 Å². The Labute approximate surface area is 155 Å². The number of rotatable bonds is 5. The molecule has 0 fully saturated rings. The number of aromatic amines is 1. The van der Waals surface area contributed by atoms with Gasteiger partial charge in [0.05, 0.1) is 23.9 Å². The van der Waals surface area contributed by atoms with Crippen molar-refractivity contribution in [2.45, 2.75) is 26.3 Å². The number of fused-ring (bicyclic) bond motifs is 3. The number of hydrogen-bond acceptors (Lipinski definition) is 8. The molecule has 8 nitrogen and oxygen atoms in total. The molecule has 1 aliphatic heterocycles. The smallest absolute Gasteiger partial charge is 0.229 e. The van der Waals surface area contributed by atoms with Gasteiger partial charge >= 0.3 is 0 Å². The molecule has 2 N–H and O–H groups in total. The summed E-state index contributed by atoms with van der Waals surface area (Å²) in [6.07, 6.45) is 4.57. The SMILES string of the molecule is COCC(C)N1CCc2sc(Nc3nccc(C)n3)nc2-c2c[nH]nc21. The van der Waals surface area contributed by atoms with E-state index in [1.165, 1.54) is 4.88 Å². The molecule has 4 heterocycles. The van der Waals surface area contributed by atoms with Gasteiger partial charge in [0, 0.05) is 43.0 Å². The normalized spacial score (nSPS) is 14.5. The number of aryl methyl sites for hydroxylation is 1. The number of nitrogens with zero attached hydrogens (tertiary/aromatic N) is 5. The number of aromatic nitrogens is 5. The van der Waals surface area contributed by atoms with Crippen LogP contribution in [0.5, 0.6) is 0 Å². The molecule has 0 aliphatic carbocycles. The number of nitrogens with one attached hydrogen (secondary N) is 2. The minimum Gasteiger partial charge on any atom is -0.383 e. The average molecular weight is 371 g/mol. The highest BCUT2D eigenvalue weighted by molar-refractivity contribution is 7.16. The summed E-state index contributed by atoms with van der Waals surface area (Å²) in [5.41, 5.74) is 2.91. The lowest BCUT2D eigenvalue weighted by Crippen LogP contribution is -2.37. The second-order valence-electron chi connectivity index (χ2n) is 6.31. The zero-order valence-corrected chi connectivity index (χ0v) is 15.8. The van der Waals surface area contributed by atoms with Gasteiger partial charge in [0.1, 0.15) is 0 Å². The van der Waals surface area contributed by atoms with Gasteiger partial charge in [-0.05, 0) is 19.9 Å². The maximum Gasteiger partial charge on any atom is 0.229 e. The lowest BCUT2D eigenvalue weighted by Gasteiger charge is -2.28. The number of H-pyrrole nitrogens is 1. The van der Waals surface area contributed by atoms with E-state index in [1.54, 1.807) is 24.6 Å². The van der Waals surface area contributed by atoms with Crippen LogP contribution < -0.4 is 10.2 Å². The Kier molecular flexibility index (Phi) is 4.56. The van der Waals surface area contributed by atoms with Crippen molar-refractivity contribution in [3.8, 4) is 11.3 Å². The summed E-state index contributed by atoms with van der Waals surface area (Å²) in [6.45, 7) is 5.62. The highest BCUT2D eigenvalue weighted by Gasteiger charge is 2.28. The van der Waals surface area contributed by atoms with Gasteiger partial charge in [-0.1, -0.05) is 0 Å². The summed E-state index contributed by atoms with van der Waals surface area (Å²) < 4.78 is 5.33. The maximum atomic E-state index is 5.33. The van der Waals surface area contributed by atoms with Crippen LogP contribution in [0.15, 0.2) is 18.5 Å². The predicted octanol–water partition coefficient (Wildman–Crippen LogP) is 2.77. The van der Waals surface area contributed by atoms with E-state index in [1.807, 2.05) is 19.2 Å². The second-order valence-corrected chi connectivity index (χ2v) is 7.39. The first-order valence-corrected chi connectivity index (χ1v) is 9.33. The minimum absolute atomic E-state index is 0.245. The van der Waals surface area contributed by atoms with Crippen molar-refractivity contribution in [2.75, 3.05) is 30.5 Å². The van der Waals surface area contributed by atoms with Crippen molar-refractivity contribution in [2.24, 2.45) is 0 Å². The lowest BCUT2D eigenvalue weighted by molar-refractivity contribution is 0.181. The van der Waals surface area contributed by atoms with Crippen molar-refractivity contribution in [3.05, 3.63) is 29.0 Å². The topological polar surface area (TPSA) is 91.9 Å². The zero-order chi connectivity index (χ0) is 18.1. The van der Waals surface area contributed by atoms with Gasteiger partial charge in [-0.25, -0.2) is 15.0 Å². The first-order valence-electron chi connectivity index (χ1n) is 8.52. The Morgan fingerprint density at radius 2 is 2.31 bits per heavy atom. The summed E-state index contributed by atoms with van der Waals surface area (Å²) in [6, 6.07) is 2.12. The van der Waals surface area contributed by atoms with E-state index >= 15 is 0 Å². The lowest BCUT2D eigenvalue weighted by atomic mass is 10.2. The Balaban J connectivity index is 1.65. The zero-order valence-electron chi connectivity index (χ0n) is 15.0. The van der Waals surface area contributed by atoms with Gasteiger partial charge in [-0.3, -0.25) is 5.10 Å². The standard InChI is InChI=1S/C17H21N7OS/c1-10-4-6-18-16(20-10)22-17-21-14-12-8-19-23-15(12)24(11(2)9-25-3)7-5-13(14)26-17/h4,6,8,11H,5,7,9H2,1-3H3,(H,19,23)(H,18,20,21,22). The largest absolute Gasteiger partial charge is 0.383 e. The molecule has 3 aromatic heterocycles. The van der Waals surface area contributed by atoms with Crippen LogP contribution in [-0.2, 0) is 11.2 Å². The minimum atomic E-state index is 0.245. The van der Waals surface area contributed by atoms with Crippen LogP contribution in [0.3, 0.4) is 0 Å². The van der Waals surface area contributed by atoms with E-state index in [0.717, 1.165) is 40.9 Å². The fourth-order valence-corrected chi connectivity index (χ4v) is 4.11. The van der Waals surface area contributed by atoms with Gasteiger partial charge in [0.15, 0.2) is 10.9 Å². The quantitative estimate of drug-likeness (QED) is 0.712. The van der Waals surface area contributed by atoms with Crippen molar-refractivity contribution in [1.29, 1.82) is 0 Å². The third-order valence-electron chi connectivity index (χ3n) is 4.38. The molecule has 3 aromatic rings. The number of anilines is 3. The van der Waals surface area contributed by atoms with Crippen molar-refractivity contribution in [1.82, 2.24) is 25.1 Å². The number of ether oxygens (including phenoxy) is 1. The second kappa shape index (κ2) is 7.00. The molecule has 4 rings (SSSR count). The van der Waals surface area contributed by atoms with Gasteiger partial charge in [-0.15, -0.1) is 11.3 Å². The molecule has 26 heavy (non-hydrogen) atoms. The Hall–Kier alpha value is -2.52. The van der Waals surface area contributed by atoms with Crippen LogP contribution in [-0.4, -0.2) is 51.5 Å². The molecule has 9 heteroatoms. The van der Waals surface area contributed by atoms with E-state index in [-0.39, 0.29) is 6.04 Å². The fourth-order valence-electron chi connectivity index (χ4n) is 3.15. The number of thiazole rings is 1. The Morgan fingerprint density at radius 1 is 1.42 bits per heavy atom. The molecule has 0 radical (unpaired) electrons. The number of methoxy groups -OCH3 is 1. The van der Waals surface area contributed by atoms with Gasteiger partial charge in [0.25, 0.3) is 0 Å². The maximum absolute atomic E-state index is 5.33. The van der Waals surface area contributed by atoms with E-state index in [4.69, 9.17) is 9.72 Å². The molecular formula is C17H21N7OS. The fraction of sp³-hybridized carbons (Fsp3) is 0.412. The van der Waals surface area contributed by atoms with E-state index in [0.29, 0.717) is 12.6 Å². The highest BCUT2D eigenvalue weighted by atomic mass is 32.1. The van der Waals surface area contributed by atoms with E-state index in [2.05, 4.69) is 37.3 Å².